The summed E-state index contributed by atoms with van der Waals surface area (Å²) >= 11 is 5.75. The van der Waals surface area contributed by atoms with Crippen LogP contribution in [-0.2, 0) is 0 Å². The van der Waals surface area contributed by atoms with Crippen molar-refractivity contribution in [1.29, 1.82) is 0 Å². The minimum atomic E-state index is -0.369. The van der Waals surface area contributed by atoms with Gasteiger partial charge in [-0.2, -0.15) is 0 Å². The first-order valence-electron chi connectivity index (χ1n) is 7.06. The summed E-state index contributed by atoms with van der Waals surface area (Å²) in [4.78, 5) is 2.43. The van der Waals surface area contributed by atoms with Crippen LogP contribution in [0.15, 0.2) is 18.2 Å². The summed E-state index contributed by atoms with van der Waals surface area (Å²) < 4.78 is 13.0. The molecule has 0 aliphatic heterocycles. The van der Waals surface area contributed by atoms with Crippen molar-refractivity contribution in [3.05, 3.63) is 29.0 Å². The van der Waals surface area contributed by atoms with Crippen LogP contribution in [-0.4, -0.2) is 31.1 Å². The number of hydrogen-bond donors (Lipinski definition) is 1. The lowest BCUT2D eigenvalue weighted by molar-refractivity contribution is 0.198. The van der Waals surface area contributed by atoms with E-state index in [-0.39, 0.29) is 10.8 Å². The predicted octanol–water partition coefficient (Wildman–Crippen LogP) is 4.16. The largest absolute Gasteiger partial charge is 0.384 e. The van der Waals surface area contributed by atoms with Crippen LogP contribution < -0.4 is 5.32 Å². The minimum absolute atomic E-state index is 0.172. The van der Waals surface area contributed by atoms with Crippen LogP contribution in [0.1, 0.15) is 32.1 Å². The van der Waals surface area contributed by atoms with Crippen LogP contribution >= 0.6 is 11.6 Å². The summed E-state index contributed by atoms with van der Waals surface area (Å²) in [7, 11) is 2.19. The first-order valence-corrected chi connectivity index (χ1v) is 7.44. The van der Waals surface area contributed by atoms with Gasteiger partial charge < -0.3 is 10.2 Å². The SMILES string of the molecule is CN(CCNc1ccc(F)c(Cl)c1)C1CCCCC1. The fraction of sp³-hybridized carbons (Fsp3) is 0.600. The molecular formula is C15H22ClFN2. The van der Waals surface area contributed by atoms with E-state index in [1.165, 1.54) is 38.2 Å². The Labute approximate surface area is 119 Å². The molecule has 0 bridgehead atoms. The van der Waals surface area contributed by atoms with Crippen LogP contribution in [0.5, 0.6) is 0 Å². The fourth-order valence-corrected chi connectivity index (χ4v) is 2.87. The molecule has 0 amide bonds. The molecule has 19 heavy (non-hydrogen) atoms. The molecule has 0 radical (unpaired) electrons. The van der Waals surface area contributed by atoms with Crippen molar-refractivity contribution in [2.24, 2.45) is 0 Å². The van der Waals surface area contributed by atoms with E-state index in [0.717, 1.165) is 24.8 Å². The second-order valence-corrected chi connectivity index (χ2v) is 5.74. The summed E-state index contributed by atoms with van der Waals surface area (Å²) in [6.45, 7) is 1.86. The lowest BCUT2D eigenvalue weighted by atomic mass is 9.94. The first kappa shape index (κ1) is 14.6. The Morgan fingerprint density at radius 2 is 2.05 bits per heavy atom. The molecule has 0 heterocycles. The van der Waals surface area contributed by atoms with Gasteiger partial charge in [0.25, 0.3) is 0 Å². The Morgan fingerprint density at radius 3 is 2.74 bits per heavy atom. The Balaban J connectivity index is 1.74. The van der Waals surface area contributed by atoms with Gasteiger partial charge in [0.2, 0.25) is 0 Å². The molecule has 0 spiro atoms. The molecule has 4 heteroatoms. The standard InChI is InChI=1S/C15H22ClFN2/c1-19(13-5-3-2-4-6-13)10-9-18-12-7-8-15(17)14(16)11-12/h7-8,11,13,18H,2-6,9-10H2,1H3. The maximum Gasteiger partial charge on any atom is 0.141 e. The van der Waals surface area contributed by atoms with E-state index in [2.05, 4.69) is 17.3 Å². The zero-order valence-corrected chi connectivity index (χ0v) is 12.2. The van der Waals surface area contributed by atoms with Crippen LogP contribution in [0.4, 0.5) is 10.1 Å². The van der Waals surface area contributed by atoms with Gasteiger partial charge in [-0.1, -0.05) is 30.9 Å². The van der Waals surface area contributed by atoms with Crippen LogP contribution in [0.25, 0.3) is 0 Å². The van der Waals surface area contributed by atoms with Gasteiger partial charge in [-0.15, -0.1) is 0 Å². The molecule has 0 unspecified atom stereocenters. The third-order valence-corrected chi connectivity index (χ3v) is 4.20. The molecule has 1 fully saturated rings. The first-order chi connectivity index (χ1) is 9.16. The van der Waals surface area contributed by atoms with Gasteiger partial charge in [-0.3, -0.25) is 0 Å². The summed E-state index contributed by atoms with van der Waals surface area (Å²) in [6.07, 6.45) is 6.74. The Morgan fingerprint density at radius 1 is 1.32 bits per heavy atom. The highest BCUT2D eigenvalue weighted by atomic mass is 35.5. The molecule has 2 rings (SSSR count). The molecular weight excluding hydrogens is 263 g/mol. The number of benzene rings is 1. The molecule has 1 aliphatic rings. The van der Waals surface area contributed by atoms with E-state index < -0.39 is 0 Å². The smallest absolute Gasteiger partial charge is 0.141 e. The van der Waals surface area contributed by atoms with Crippen molar-refractivity contribution in [3.8, 4) is 0 Å². The maximum atomic E-state index is 13.0. The van der Waals surface area contributed by atoms with Crippen molar-refractivity contribution >= 4 is 17.3 Å². The third-order valence-electron chi connectivity index (χ3n) is 3.91. The highest BCUT2D eigenvalue weighted by Crippen LogP contribution is 2.22. The van der Waals surface area contributed by atoms with Crippen molar-refractivity contribution in [3.63, 3.8) is 0 Å². The van der Waals surface area contributed by atoms with Gasteiger partial charge in [0, 0.05) is 24.8 Å². The highest BCUT2D eigenvalue weighted by molar-refractivity contribution is 6.31. The molecule has 1 aliphatic carbocycles. The van der Waals surface area contributed by atoms with Gasteiger partial charge >= 0.3 is 0 Å². The van der Waals surface area contributed by atoms with E-state index in [1.807, 2.05) is 0 Å². The number of halogens is 2. The quantitative estimate of drug-likeness (QED) is 0.873. The molecule has 1 saturated carbocycles. The average Bonchev–Trinajstić information content (AvgIpc) is 2.43. The lowest BCUT2D eigenvalue weighted by Crippen LogP contribution is -2.36. The molecule has 0 saturated heterocycles. The second kappa shape index (κ2) is 7.11. The molecule has 1 N–H and O–H groups in total. The lowest BCUT2D eigenvalue weighted by Gasteiger charge is -2.31. The number of anilines is 1. The zero-order valence-electron chi connectivity index (χ0n) is 11.5. The van der Waals surface area contributed by atoms with Gasteiger partial charge in [-0.25, -0.2) is 4.39 Å². The average molecular weight is 285 g/mol. The Kier molecular flexibility index (Phi) is 5.46. The van der Waals surface area contributed by atoms with Crippen LogP contribution in [0.3, 0.4) is 0 Å². The Hall–Kier alpha value is -0.800. The molecule has 2 nitrogen and oxygen atoms in total. The van der Waals surface area contributed by atoms with E-state index in [4.69, 9.17) is 11.6 Å². The normalized spacial score (nSPS) is 16.8. The van der Waals surface area contributed by atoms with E-state index in [0.29, 0.717) is 0 Å². The summed E-state index contributed by atoms with van der Waals surface area (Å²) in [5.74, 6) is -0.369. The van der Waals surface area contributed by atoms with Gasteiger partial charge in [0.05, 0.1) is 5.02 Å². The van der Waals surface area contributed by atoms with E-state index in [9.17, 15) is 4.39 Å². The van der Waals surface area contributed by atoms with Crippen LogP contribution in [0, 0.1) is 5.82 Å². The van der Waals surface area contributed by atoms with Gasteiger partial charge in [0.15, 0.2) is 0 Å². The monoisotopic (exact) mass is 284 g/mol. The topological polar surface area (TPSA) is 15.3 Å². The number of nitrogens with zero attached hydrogens (tertiary/aromatic N) is 1. The number of hydrogen-bond acceptors (Lipinski definition) is 2. The summed E-state index contributed by atoms with van der Waals surface area (Å²) in [5, 5.41) is 3.46. The molecule has 1 aromatic carbocycles. The number of nitrogens with one attached hydrogen (secondary N) is 1. The summed E-state index contributed by atoms with van der Waals surface area (Å²) in [5.41, 5.74) is 0.878. The van der Waals surface area contributed by atoms with Crippen molar-refractivity contribution in [2.75, 3.05) is 25.5 Å². The van der Waals surface area contributed by atoms with E-state index in [1.54, 1.807) is 12.1 Å². The van der Waals surface area contributed by atoms with Crippen molar-refractivity contribution < 1.29 is 4.39 Å². The second-order valence-electron chi connectivity index (χ2n) is 5.33. The minimum Gasteiger partial charge on any atom is -0.384 e. The van der Waals surface area contributed by atoms with Crippen molar-refractivity contribution in [1.82, 2.24) is 4.90 Å². The Bertz CT molecular complexity index is 405. The van der Waals surface area contributed by atoms with Gasteiger partial charge in [0.1, 0.15) is 5.82 Å². The predicted molar refractivity (Wildman–Crippen MR) is 79.4 cm³/mol. The van der Waals surface area contributed by atoms with Gasteiger partial charge in [-0.05, 0) is 38.1 Å². The maximum absolute atomic E-state index is 13.0. The fourth-order valence-electron chi connectivity index (χ4n) is 2.69. The van der Waals surface area contributed by atoms with E-state index >= 15 is 0 Å². The van der Waals surface area contributed by atoms with Crippen molar-refractivity contribution in [2.45, 2.75) is 38.1 Å². The number of likely N-dealkylation sites (N-methyl/N-ethyl adjacent to an activating group) is 1. The molecule has 106 valence electrons. The zero-order chi connectivity index (χ0) is 13.7. The highest BCUT2D eigenvalue weighted by Gasteiger charge is 2.17. The molecule has 0 atom stereocenters. The molecule has 1 aromatic rings. The van der Waals surface area contributed by atoms with Crippen LogP contribution in [0.2, 0.25) is 5.02 Å². The summed E-state index contributed by atoms with van der Waals surface area (Å²) in [6, 6.07) is 5.49. The third kappa shape index (κ3) is 4.36. The number of rotatable bonds is 5. The molecule has 0 aromatic heterocycles.